The van der Waals surface area contributed by atoms with Gasteiger partial charge in [-0.25, -0.2) is 14.5 Å². The molecule has 0 saturated heterocycles. The van der Waals surface area contributed by atoms with E-state index in [4.69, 9.17) is 9.26 Å². The van der Waals surface area contributed by atoms with E-state index < -0.39 is 18.0 Å². The van der Waals surface area contributed by atoms with Crippen molar-refractivity contribution in [3.05, 3.63) is 47.2 Å². The molecular weight excluding hydrogens is 418 g/mol. The summed E-state index contributed by atoms with van der Waals surface area (Å²) >= 11 is 1.52. The minimum Gasteiger partial charge on any atom is -0.449 e. The van der Waals surface area contributed by atoms with Crippen LogP contribution in [-0.4, -0.2) is 37.9 Å². The molecule has 1 unspecified atom stereocenters. The Bertz CT molecular complexity index is 1230. The van der Waals surface area contributed by atoms with Gasteiger partial charge in [-0.1, -0.05) is 18.1 Å². The van der Waals surface area contributed by atoms with Crippen LogP contribution in [0.15, 0.2) is 40.4 Å². The molecule has 4 rings (SSSR count). The molecule has 1 amide bonds. The van der Waals surface area contributed by atoms with E-state index in [1.807, 2.05) is 24.4 Å². The van der Waals surface area contributed by atoms with Gasteiger partial charge in [-0.05, 0) is 37.8 Å². The van der Waals surface area contributed by atoms with Crippen molar-refractivity contribution in [1.82, 2.24) is 19.9 Å². The summed E-state index contributed by atoms with van der Waals surface area (Å²) in [6.07, 6.45) is 0.910. The van der Waals surface area contributed by atoms with Gasteiger partial charge in [0.05, 0.1) is 27.7 Å². The van der Waals surface area contributed by atoms with E-state index in [1.165, 1.54) is 11.3 Å². The number of nitrogens with one attached hydrogen (secondary N) is 1. The first kappa shape index (κ1) is 20.7. The number of fused-ring (bicyclic) bond motifs is 1. The van der Waals surface area contributed by atoms with Crippen LogP contribution in [-0.2, 0) is 16.1 Å². The molecule has 0 spiro atoms. The Morgan fingerprint density at radius 3 is 2.81 bits per heavy atom. The van der Waals surface area contributed by atoms with Crippen molar-refractivity contribution in [2.24, 2.45) is 0 Å². The molecule has 0 aliphatic rings. The second-order valence-corrected chi connectivity index (χ2v) is 7.79. The summed E-state index contributed by atoms with van der Waals surface area (Å²) in [7, 11) is 0. The maximum atomic E-state index is 13.1. The molecule has 160 valence electrons. The molecule has 10 heteroatoms. The molecule has 1 atom stereocenters. The highest BCUT2D eigenvalue weighted by Crippen LogP contribution is 2.28. The van der Waals surface area contributed by atoms with E-state index in [1.54, 1.807) is 36.9 Å². The Labute approximate surface area is 182 Å². The minimum atomic E-state index is -0.987. The number of carbonyl (C=O) groups is 2. The van der Waals surface area contributed by atoms with Gasteiger partial charge in [0.1, 0.15) is 5.76 Å². The van der Waals surface area contributed by atoms with Crippen LogP contribution >= 0.6 is 11.3 Å². The lowest BCUT2D eigenvalue weighted by Gasteiger charge is -2.15. The Morgan fingerprint density at radius 1 is 1.32 bits per heavy atom. The molecule has 0 fully saturated rings. The van der Waals surface area contributed by atoms with E-state index in [2.05, 4.69) is 20.6 Å². The molecule has 31 heavy (non-hydrogen) atoms. The van der Waals surface area contributed by atoms with Crippen molar-refractivity contribution in [3.63, 3.8) is 0 Å². The van der Waals surface area contributed by atoms with Crippen molar-refractivity contribution in [3.8, 4) is 10.6 Å². The summed E-state index contributed by atoms with van der Waals surface area (Å²) in [6, 6.07) is 7.13. The van der Waals surface area contributed by atoms with Crippen molar-refractivity contribution < 1.29 is 18.8 Å². The van der Waals surface area contributed by atoms with Gasteiger partial charge in [-0.15, -0.1) is 11.3 Å². The summed E-state index contributed by atoms with van der Waals surface area (Å²) in [5.41, 5.74) is 1.56. The predicted molar refractivity (Wildman–Crippen MR) is 116 cm³/mol. The Morgan fingerprint density at radius 2 is 2.16 bits per heavy atom. The lowest BCUT2D eigenvalue weighted by molar-refractivity contribution is -0.124. The van der Waals surface area contributed by atoms with Crippen LogP contribution in [0.5, 0.6) is 0 Å². The molecule has 9 nitrogen and oxygen atoms in total. The lowest BCUT2D eigenvalue weighted by Crippen LogP contribution is -2.32. The van der Waals surface area contributed by atoms with Gasteiger partial charge >= 0.3 is 5.97 Å². The number of amides is 1. The number of ether oxygens (including phenoxy) is 1. The molecule has 0 saturated carbocycles. The van der Waals surface area contributed by atoms with Crippen LogP contribution < -0.4 is 5.32 Å². The number of anilines is 1. The number of aromatic nitrogens is 4. The molecule has 0 aromatic carbocycles. The molecule has 4 heterocycles. The molecule has 0 aliphatic heterocycles. The Balaban J connectivity index is 1.64. The molecule has 4 aromatic rings. The largest absolute Gasteiger partial charge is 0.449 e. The molecule has 4 aromatic heterocycles. The summed E-state index contributed by atoms with van der Waals surface area (Å²) in [6.45, 7) is 6.04. The number of hydrogen-bond donors (Lipinski definition) is 1. The van der Waals surface area contributed by atoms with E-state index in [0.29, 0.717) is 41.0 Å². The summed E-state index contributed by atoms with van der Waals surface area (Å²) in [5.74, 6) is -0.252. The number of pyridine rings is 1. The van der Waals surface area contributed by atoms with Crippen LogP contribution in [0.1, 0.15) is 36.4 Å². The molecule has 0 aliphatic carbocycles. The molecule has 0 bridgehead atoms. The summed E-state index contributed by atoms with van der Waals surface area (Å²) < 4.78 is 12.3. The summed E-state index contributed by atoms with van der Waals surface area (Å²) in [4.78, 5) is 31.3. The highest BCUT2D eigenvalue weighted by molar-refractivity contribution is 7.13. The average molecular weight is 439 g/mol. The standard InChI is InChI=1S/C21H21N5O4S/c1-4-16(20(27)24-18-9-12(3)30-25-18)29-21(28)13-10-15(17-7-6-8-31-17)23-19-14(13)11-22-26(19)5-2/h6-11,16H,4-5H2,1-3H3,(H,24,25,27). The number of aryl methyl sites for hydroxylation is 2. The second-order valence-electron chi connectivity index (χ2n) is 6.84. The average Bonchev–Trinajstić information content (AvgIpc) is 3.51. The highest BCUT2D eigenvalue weighted by Gasteiger charge is 2.25. The Kier molecular flexibility index (Phi) is 5.81. The molecule has 1 N–H and O–H groups in total. The van der Waals surface area contributed by atoms with E-state index in [-0.39, 0.29) is 5.82 Å². The predicted octanol–water partition coefficient (Wildman–Crippen LogP) is 4.05. The number of nitrogens with zero attached hydrogens (tertiary/aromatic N) is 4. The van der Waals surface area contributed by atoms with Gasteiger partial charge in [0.25, 0.3) is 5.91 Å². The zero-order valence-electron chi connectivity index (χ0n) is 17.3. The van der Waals surface area contributed by atoms with E-state index in [0.717, 1.165) is 4.88 Å². The number of carbonyl (C=O) groups excluding carboxylic acids is 2. The third-order valence-electron chi connectivity index (χ3n) is 4.69. The van der Waals surface area contributed by atoms with Crippen LogP contribution in [0.25, 0.3) is 21.6 Å². The topological polar surface area (TPSA) is 112 Å². The number of rotatable bonds is 7. The van der Waals surface area contributed by atoms with Crippen molar-refractivity contribution in [2.75, 3.05) is 5.32 Å². The smallest absolute Gasteiger partial charge is 0.339 e. The normalized spacial score (nSPS) is 12.1. The maximum absolute atomic E-state index is 13.1. The van der Waals surface area contributed by atoms with Gasteiger partial charge in [-0.3, -0.25) is 4.79 Å². The lowest BCUT2D eigenvalue weighted by atomic mass is 10.1. The van der Waals surface area contributed by atoms with Crippen molar-refractivity contribution in [1.29, 1.82) is 0 Å². The monoisotopic (exact) mass is 439 g/mol. The SMILES string of the molecule is CCC(OC(=O)c1cc(-c2cccs2)nc2c1cnn2CC)C(=O)Nc1cc(C)on1. The minimum absolute atomic E-state index is 0.271. The van der Waals surface area contributed by atoms with Gasteiger partial charge in [0.15, 0.2) is 17.6 Å². The van der Waals surface area contributed by atoms with Gasteiger partial charge < -0.3 is 14.6 Å². The highest BCUT2D eigenvalue weighted by atomic mass is 32.1. The summed E-state index contributed by atoms with van der Waals surface area (Å²) in [5, 5.41) is 13.2. The van der Waals surface area contributed by atoms with Crippen LogP contribution in [0.4, 0.5) is 5.82 Å². The third kappa shape index (κ3) is 4.19. The first-order valence-electron chi connectivity index (χ1n) is 9.85. The van der Waals surface area contributed by atoms with Gasteiger partial charge in [0, 0.05) is 12.6 Å². The quantitative estimate of drug-likeness (QED) is 0.432. The number of hydrogen-bond acceptors (Lipinski definition) is 8. The zero-order chi connectivity index (χ0) is 22.0. The Hall–Kier alpha value is -3.53. The number of esters is 1. The third-order valence-corrected chi connectivity index (χ3v) is 5.59. The van der Waals surface area contributed by atoms with Crippen LogP contribution in [0, 0.1) is 6.92 Å². The van der Waals surface area contributed by atoms with Crippen LogP contribution in [0.2, 0.25) is 0 Å². The second kappa shape index (κ2) is 8.68. The number of thiophene rings is 1. The van der Waals surface area contributed by atoms with Crippen molar-refractivity contribution >= 4 is 40.1 Å². The fraction of sp³-hybridized carbons (Fsp3) is 0.286. The molecule has 0 radical (unpaired) electrons. The van der Waals surface area contributed by atoms with E-state index in [9.17, 15) is 9.59 Å². The van der Waals surface area contributed by atoms with Gasteiger partial charge in [-0.2, -0.15) is 5.10 Å². The zero-order valence-corrected chi connectivity index (χ0v) is 18.1. The van der Waals surface area contributed by atoms with Gasteiger partial charge in [0.2, 0.25) is 0 Å². The van der Waals surface area contributed by atoms with Crippen LogP contribution in [0.3, 0.4) is 0 Å². The maximum Gasteiger partial charge on any atom is 0.339 e. The molecular formula is C21H21N5O4S. The first-order valence-corrected chi connectivity index (χ1v) is 10.7. The first-order chi connectivity index (χ1) is 15.0. The van der Waals surface area contributed by atoms with E-state index >= 15 is 0 Å². The van der Waals surface area contributed by atoms with Crippen molar-refractivity contribution in [2.45, 2.75) is 39.8 Å². The fourth-order valence-electron chi connectivity index (χ4n) is 3.15. The fourth-order valence-corrected chi connectivity index (χ4v) is 3.83.